The summed E-state index contributed by atoms with van der Waals surface area (Å²) < 4.78 is 5.43. The van der Waals surface area contributed by atoms with E-state index in [1.807, 2.05) is 37.8 Å². The van der Waals surface area contributed by atoms with Crippen molar-refractivity contribution in [1.29, 1.82) is 0 Å². The quantitative estimate of drug-likeness (QED) is 0.928. The van der Waals surface area contributed by atoms with Crippen LogP contribution in [0, 0.1) is 5.92 Å². The number of rotatable bonds is 3. The zero-order chi connectivity index (χ0) is 16.2. The second-order valence-corrected chi connectivity index (χ2v) is 6.97. The van der Waals surface area contributed by atoms with Gasteiger partial charge in [0.25, 0.3) is 0 Å². The number of hydrogen-bond acceptors (Lipinski definition) is 4. The lowest BCUT2D eigenvalue weighted by atomic mass is 9.90. The number of amides is 1. The molecule has 1 N–H and O–H groups in total. The number of nitrogens with zero attached hydrogens (tertiary/aromatic N) is 2. The van der Waals surface area contributed by atoms with E-state index in [2.05, 4.69) is 17.2 Å². The maximum Gasteiger partial charge on any atom is 0.410 e. The van der Waals surface area contributed by atoms with Crippen molar-refractivity contribution in [2.75, 3.05) is 18.4 Å². The van der Waals surface area contributed by atoms with Gasteiger partial charge in [-0.3, -0.25) is 4.98 Å². The molecule has 0 aliphatic carbocycles. The Bertz CT molecular complexity index is 476. The molecule has 1 aliphatic rings. The molecule has 1 aromatic rings. The topological polar surface area (TPSA) is 54.5 Å². The Morgan fingerprint density at radius 3 is 2.45 bits per heavy atom. The van der Waals surface area contributed by atoms with E-state index in [4.69, 9.17) is 4.74 Å². The van der Waals surface area contributed by atoms with Crippen molar-refractivity contribution in [3.05, 3.63) is 24.5 Å². The van der Waals surface area contributed by atoms with Crippen LogP contribution in [0.1, 0.15) is 40.5 Å². The lowest BCUT2D eigenvalue weighted by Crippen LogP contribution is -2.44. The first-order chi connectivity index (χ1) is 10.3. The van der Waals surface area contributed by atoms with Crippen LogP contribution in [0.4, 0.5) is 10.5 Å². The molecule has 1 fully saturated rings. The van der Waals surface area contributed by atoms with Gasteiger partial charge < -0.3 is 15.0 Å². The fourth-order valence-electron chi connectivity index (χ4n) is 2.74. The summed E-state index contributed by atoms with van der Waals surface area (Å²) in [5.41, 5.74) is 0.668. The highest BCUT2D eigenvalue weighted by molar-refractivity contribution is 5.68. The summed E-state index contributed by atoms with van der Waals surface area (Å²) in [6.45, 7) is 9.44. The Morgan fingerprint density at radius 2 is 1.91 bits per heavy atom. The molecule has 1 atom stereocenters. The molecule has 0 unspecified atom stereocenters. The number of piperidine rings is 1. The molecule has 0 bridgehead atoms. The maximum atomic E-state index is 12.1. The van der Waals surface area contributed by atoms with Crippen molar-refractivity contribution >= 4 is 11.8 Å². The molecule has 2 rings (SSSR count). The van der Waals surface area contributed by atoms with E-state index < -0.39 is 5.60 Å². The normalized spacial score (nSPS) is 17.9. The molecule has 1 aromatic heterocycles. The Labute approximate surface area is 133 Å². The van der Waals surface area contributed by atoms with E-state index in [1.54, 1.807) is 12.4 Å². The Morgan fingerprint density at radius 1 is 1.32 bits per heavy atom. The lowest BCUT2D eigenvalue weighted by Gasteiger charge is -2.36. The molecule has 5 nitrogen and oxygen atoms in total. The molecule has 0 radical (unpaired) electrons. The van der Waals surface area contributed by atoms with Crippen molar-refractivity contribution in [2.24, 2.45) is 5.92 Å². The number of carbonyl (C=O) groups excluding carboxylic acids is 1. The van der Waals surface area contributed by atoms with Gasteiger partial charge in [-0.05, 0) is 58.6 Å². The smallest absolute Gasteiger partial charge is 0.410 e. The molecular formula is C17H27N3O2. The van der Waals surface area contributed by atoms with Gasteiger partial charge in [-0.15, -0.1) is 0 Å². The summed E-state index contributed by atoms with van der Waals surface area (Å²) in [7, 11) is 0. The van der Waals surface area contributed by atoms with Crippen molar-refractivity contribution in [3.8, 4) is 0 Å². The second kappa shape index (κ2) is 6.99. The average molecular weight is 305 g/mol. The first-order valence-electron chi connectivity index (χ1n) is 7.99. The van der Waals surface area contributed by atoms with Crippen LogP contribution in [0.5, 0.6) is 0 Å². The second-order valence-electron chi connectivity index (χ2n) is 6.97. The number of aromatic nitrogens is 1. The van der Waals surface area contributed by atoms with Crippen LogP contribution in [0.25, 0.3) is 0 Å². The van der Waals surface area contributed by atoms with Gasteiger partial charge in [0.2, 0.25) is 0 Å². The summed E-state index contributed by atoms with van der Waals surface area (Å²) in [6.07, 6.45) is 5.39. The molecule has 22 heavy (non-hydrogen) atoms. The fourth-order valence-corrected chi connectivity index (χ4v) is 2.74. The van der Waals surface area contributed by atoms with Gasteiger partial charge in [-0.2, -0.15) is 0 Å². The molecule has 5 heteroatoms. The highest BCUT2D eigenvalue weighted by Crippen LogP contribution is 2.24. The molecule has 0 saturated carbocycles. The number of pyridine rings is 1. The van der Waals surface area contributed by atoms with Crippen molar-refractivity contribution in [3.63, 3.8) is 0 Å². The minimum Gasteiger partial charge on any atom is -0.444 e. The Hall–Kier alpha value is -1.78. The number of carbonyl (C=O) groups is 1. The molecular weight excluding hydrogens is 278 g/mol. The third-order valence-corrected chi connectivity index (χ3v) is 3.97. The summed E-state index contributed by atoms with van der Waals surface area (Å²) in [5.74, 6) is 0.562. The van der Waals surface area contributed by atoms with Crippen LogP contribution in [0.2, 0.25) is 0 Å². The summed E-state index contributed by atoms with van der Waals surface area (Å²) in [5, 5.41) is 3.52. The Kier molecular flexibility index (Phi) is 5.27. The largest absolute Gasteiger partial charge is 0.444 e. The zero-order valence-electron chi connectivity index (χ0n) is 14.0. The zero-order valence-corrected chi connectivity index (χ0v) is 14.0. The highest BCUT2D eigenvalue weighted by atomic mass is 16.6. The van der Waals surface area contributed by atoms with E-state index in [1.165, 1.54) is 0 Å². The number of nitrogens with one attached hydrogen (secondary N) is 1. The van der Waals surface area contributed by atoms with Gasteiger partial charge in [0, 0.05) is 37.2 Å². The number of ether oxygens (including phenoxy) is 1. The number of hydrogen-bond donors (Lipinski definition) is 1. The van der Waals surface area contributed by atoms with E-state index >= 15 is 0 Å². The van der Waals surface area contributed by atoms with Gasteiger partial charge in [0.15, 0.2) is 0 Å². The first-order valence-corrected chi connectivity index (χ1v) is 7.99. The highest BCUT2D eigenvalue weighted by Gasteiger charge is 2.29. The molecule has 0 aromatic carbocycles. The van der Waals surface area contributed by atoms with E-state index in [0.29, 0.717) is 12.0 Å². The standard InChI is InChI=1S/C17H27N3O2/c1-13(19-15-5-9-18-10-6-15)14-7-11-20(12-8-14)16(21)22-17(2,3)4/h5-6,9-10,13-14H,7-8,11-12H2,1-4H3,(H,18,19)/t13-/m1/s1. The van der Waals surface area contributed by atoms with Crippen LogP contribution in [0.15, 0.2) is 24.5 Å². The third kappa shape index (κ3) is 4.90. The van der Waals surface area contributed by atoms with Gasteiger partial charge in [0.05, 0.1) is 0 Å². The summed E-state index contributed by atoms with van der Waals surface area (Å²) in [6, 6.07) is 4.33. The molecule has 122 valence electrons. The van der Waals surface area contributed by atoms with Crippen LogP contribution < -0.4 is 5.32 Å². The predicted molar refractivity (Wildman–Crippen MR) is 87.9 cm³/mol. The molecule has 2 heterocycles. The minimum atomic E-state index is -0.426. The minimum absolute atomic E-state index is 0.194. The van der Waals surface area contributed by atoms with Crippen LogP contribution in [-0.4, -0.2) is 40.7 Å². The van der Waals surface area contributed by atoms with Crippen molar-refractivity contribution in [2.45, 2.75) is 52.2 Å². The number of anilines is 1. The van der Waals surface area contributed by atoms with Gasteiger partial charge in [0.1, 0.15) is 5.60 Å². The SMILES string of the molecule is C[C@@H](Nc1ccncc1)C1CCN(C(=O)OC(C)(C)C)CC1. The maximum absolute atomic E-state index is 12.1. The third-order valence-electron chi connectivity index (χ3n) is 3.97. The monoisotopic (exact) mass is 305 g/mol. The average Bonchev–Trinajstić information content (AvgIpc) is 2.46. The number of likely N-dealkylation sites (tertiary alicyclic amines) is 1. The lowest BCUT2D eigenvalue weighted by molar-refractivity contribution is 0.0179. The predicted octanol–water partition coefficient (Wildman–Crippen LogP) is 3.53. The van der Waals surface area contributed by atoms with E-state index in [0.717, 1.165) is 31.6 Å². The van der Waals surface area contributed by atoms with Crippen LogP contribution in [-0.2, 0) is 4.74 Å². The molecule has 1 aliphatic heterocycles. The van der Waals surface area contributed by atoms with E-state index in [-0.39, 0.29) is 6.09 Å². The molecule has 1 saturated heterocycles. The van der Waals surface area contributed by atoms with Crippen molar-refractivity contribution < 1.29 is 9.53 Å². The van der Waals surface area contributed by atoms with Gasteiger partial charge >= 0.3 is 6.09 Å². The first kappa shape index (κ1) is 16.6. The van der Waals surface area contributed by atoms with Crippen molar-refractivity contribution in [1.82, 2.24) is 9.88 Å². The fraction of sp³-hybridized carbons (Fsp3) is 0.647. The Balaban J connectivity index is 1.80. The molecule has 1 amide bonds. The molecule has 0 spiro atoms. The van der Waals surface area contributed by atoms with Crippen LogP contribution >= 0.6 is 0 Å². The summed E-state index contributed by atoms with van der Waals surface area (Å²) >= 11 is 0. The van der Waals surface area contributed by atoms with Crippen LogP contribution in [0.3, 0.4) is 0 Å². The van der Waals surface area contributed by atoms with Gasteiger partial charge in [-0.1, -0.05) is 0 Å². The summed E-state index contributed by atoms with van der Waals surface area (Å²) in [4.78, 5) is 17.9. The van der Waals surface area contributed by atoms with Gasteiger partial charge in [-0.25, -0.2) is 4.79 Å². The van der Waals surface area contributed by atoms with E-state index in [9.17, 15) is 4.79 Å².